The van der Waals surface area contributed by atoms with Gasteiger partial charge in [0.15, 0.2) is 6.71 Å². The highest BCUT2D eigenvalue weighted by atomic mass is 15.1. The molecule has 0 aliphatic carbocycles. The summed E-state index contributed by atoms with van der Waals surface area (Å²) in [6.07, 6.45) is 5.18. The van der Waals surface area contributed by atoms with Gasteiger partial charge in [0.05, 0.1) is 0 Å². The molecule has 1 aromatic carbocycles. The fourth-order valence-electron chi connectivity index (χ4n) is 3.56. The van der Waals surface area contributed by atoms with Crippen LogP contribution < -0.4 is 5.46 Å². The standard InChI is InChI=1S/C22H38BN/c1-21(2,3)22(4,5)14-15-23(6)20-10-8-18(9-11-20)19-12-16-24(7)17-13-19/h8-11,19H,12-17H2,1-7H3. The SMILES string of the molecule is CB(CCC(C)(C)C(C)(C)C)c1ccc(C2CCN(C)CC2)cc1. The molecule has 0 radical (unpaired) electrons. The Morgan fingerprint density at radius 1 is 1.00 bits per heavy atom. The molecule has 0 atom stereocenters. The molecule has 1 aliphatic heterocycles. The highest BCUT2D eigenvalue weighted by molar-refractivity contribution is 6.71. The number of nitrogens with zero attached hydrogens (tertiary/aromatic N) is 1. The third-order valence-corrected chi connectivity index (χ3v) is 6.93. The van der Waals surface area contributed by atoms with Gasteiger partial charge in [-0.1, -0.05) is 83.9 Å². The maximum atomic E-state index is 2.45. The summed E-state index contributed by atoms with van der Waals surface area (Å²) in [5.41, 5.74) is 3.81. The minimum absolute atomic E-state index is 0.366. The van der Waals surface area contributed by atoms with Gasteiger partial charge in [-0.3, -0.25) is 0 Å². The molecular weight excluding hydrogens is 289 g/mol. The summed E-state index contributed by atoms with van der Waals surface area (Å²) in [7, 11) is 2.24. The second-order valence-electron chi connectivity index (χ2n) is 9.82. The van der Waals surface area contributed by atoms with Crippen molar-refractivity contribution in [3.63, 3.8) is 0 Å². The maximum absolute atomic E-state index is 2.45. The Labute approximate surface area is 151 Å². The maximum Gasteiger partial charge on any atom is 0.172 e. The van der Waals surface area contributed by atoms with Gasteiger partial charge in [0, 0.05) is 0 Å². The predicted molar refractivity (Wildman–Crippen MR) is 110 cm³/mol. The van der Waals surface area contributed by atoms with Crippen LogP contribution in [0.4, 0.5) is 0 Å². The molecule has 1 aromatic rings. The molecule has 1 fully saturated rings. The first-order valence-electron chi connectivity index (χ1n) is 9.88. The molecule has 0 amide bonds. The highest BCUT2D eigenvalue weighted by Gasteiger charge is 2.32. The first-order valence-corrected chi connectivity index (χ1v) is 9.88. The van der Waals surface area contributed by atoms with Crippen LogP contribution in [0.5, 0.6) is 0 Å². The van der Waals surface area contributed by atoms with Gasteiger partial charge >= 0.3 is 0 Å². The van der Waals surface area contributed by atoms with Crippen LogP contribution in [-0.2, 0) is 0 Å². The summed E-state index contributed by atoms with van der Waals surface area (Å²) in [4.78, 5) is 2.45. The summed E-state index contributed by atoms with van der Waals surface area (Å²) in [5, 5.41) is 0. The third-order valence-electron chi connectivity index (χ3n) is 6.93. The molecule has 0 spiro atoms. The molecule has 1 nitrogen and oxygen atoms in total. The molecule has 1 aliphatic rings. The Hall–Kier alpha value is -0.755. The molecule has 2 rings (SSSR count). The molecule has 2 heteroatoms. The summed E-state index contributed by atoms with van der Waals surface area (Å²) < 4.78 is 0. The van der Waals surface area contributed by atoms with Crippen LogP contribution in [-0.4, -0.2) is 31.7 Å². The number of piperidine rings is 1. The van der Waals surface area contributed by atoms with Crippen molar-refractivity contribution >= 4 is 12.2 Å². The van der Waals surface area contributed by atoms with E-state index in [1.54, 1.807) is 5.56 Å². The van der Waals surface area contributed by atoms with Crippen LogP contribution in [0.2, 0.25) is 13.1 Å². The Bertz CT molecular complexity index is 504. The van der Waals surface area contributed by atoms with E-state index in [9.17, 15) is 0 Å². The summed E-state index contributed by atoms with van der Waals surface area (Å²) >= 11 is 0. The van der Waals surface area contributed by atoms with Gasteiger partial charge in [0.2, 0.25) is 0 Å². The Morgan fingerprint density at radius 2 is 1.54 bits per heavy atom. The van der Waals surface area contributed by atoms with E-state index in [2.05, 4.69) is 77.7 Å². The molecule has 24 heavy (non-hydrogen) atoms. The average molecular weight is 327 g/mol. The zero-order chi connectivity index (χ0) is 18.0. The lowest BCUT2D eigenvalue weighted by Gasteiger charge is -2.39. The molecule has 0 unspecified atom stereocenters. The van der Waals surface area contributed by atoms with Gasteiger partial charge in [-0.2, -0.15) is 0 Å². The van der Waals surface area contributed by atoms with Crippen molar-refractivity contribution in [2.24, 2.45) is 10.8 Å². The van der Waals surface area contributed by atoms with E-state index in [0.717, 1.165) is 5.92 Å². The van der Waals surface area contributed by atoms with Gasteiger partial charge in [-0.15, -0.1) is 0 Å². The van der Waals surface area contributed by atoms with Crippen LogP contribution in [0.1, 0.15) is 65.4 Å². The normalized spacial score (nSPS) is 18.0. The van der Waals surface area contributed by atoms with E-state index in [1.807, 2.05) is 0 Å². The van der Waals surface area contributed by atoms with Crippen molar-refractivity contribution in [1.82, 2.24) is 4.90 Å². The first-order chi connectivity index (χ1) is 11.1. The number of likely N-dealkylation sites (tertiary alicyclic amines) is 1. The van der Waals surface area contributed by atoms with E-state index in [4.69, 9.17) is 0 Å². The topological polar surface area (TPSA) is 3.24 Å². The highest BCUT2D eigenvalue weighted by Crippen LogP contribution is 2.42. The molecular formula is C22H38BN. The number of benzene rings is 1. The minimum Gasteiger partial charge on any atom is -0.306 e. The molecule has 1 saturated heterocycles. The van der Waals surface area contributed by atoms with Gasteiger partial charge in [0.25, 0.3) is 0 Å². The van der Waals surface area contributed by atoms with E-state index in [1.165, 1.54) is 44.1 Å². The second kappa shape index (κ2) is 7.64. The van der Waals surface area contributed by atoms with Crippen molar-refractivity contribution in [1.29, 1.82) is 0 Å². The predicted octanol–water partition coefficient (Wildman–Crippen LogP) is 5.29. The lowest BCUT2D eigenvalue weighted by atomic mass is 9.42. The largest absolute Gasteiger partial charge is 0.306 e. The van der Waals surface area contributed by atoms with Crippen molar-refractivity contribution in [3.8, 4) is 0 Å². The van der Waals surface area contributed by atoms with Gasteiger partial charge in [-0.05, 0) is 55.3 Å². The smallest absolute Gasteiger partial charge is 0.172 e. The molecule has 1 heterocycles. The monoisotopic (exact) mass is 327 g/mol. The van der Waals surface area contributed by atoms with E-state index in [-0.39, 0.29) is 0 Å². The number of hydrogen-bond acceptors (Lipinski definition) is 1. The van der Waals surface area contributed by atoms with Crippen LogP contribution in [0.25, 0.3) is 0 Å². The Morgan fingerprint density at radius 3 is 2.04 bits per heavy atom. The third kappa shape index (κ3) is 4.88. The van der Waals surface area contributed by atoms with Crippen LogP contribution in [0.3, 0.4) is 0 Å². The molecule has 0 aromatic heterocycles. The summed E-state index contributed by atoms with van der Waals surface area (Å²) in [6, 6.07) is 9.58. The van der Waals surface area contributed by atoms with E-state index >= 15 is 0 Å². The number of hydrogen-bond donors (Lipinski definition) is 0. The zero-order valence-corrected chi connectivity index (χ0v) is 17.2. The minimum atomic E-state index is 0.366. The quantitative estimate of drug-likeness (QED) is 0.664. The second-order valence-corrected chi connectivity index (χ2v) is 9.82. The fraction of sp³-hybridized carbons (Fsp3) is 0.727. The summed E-state index contributed by atoms with van der Waals surface area (Å²) in [5.74, 6) is 0.769. The van der Waals surface area contributed by atoms with Gasteiger partial charge in [-0.25, -0.2) is 0 Å². The molecule has 0 N–H and O–H groups in total. The molecule has 0 saturated carbocycles. The van der Waals surface area contributed by atoms with Gasteiger partial charge < -0.3 is 4.90 Å². The van der Waals surface area contributed by atoms with Crippen LogP contribution in [0, 0.1) is 10.8 Å². The van der Waals surface area contributed by atoms with Crippen molar-refractivity contribution in [2.45, 2.75) is 72.9 Å². The summed E-state index contributed by atoms with van der Waals surface area (Å²) in [6.45, 7) is 17.5. The van der Waals surface area contributed by atoms with Crippen molar-refractivity contribution in [2.75, 3.05) is 20.1 Å². The van der Waals surface area contributed by atoms with E-state index < -0.39 is 0 Å². The van der Waals surface area contributed by atoms with E-state index in [0.29, 0.717) is 17.5 Å². The Balaban J connectivity index is 1.93. The van der Waals surface area contributed by atoms with Crippen LogP contribution in [0.15, 0.2) is 24.3 Å². The lowest BCUT2D eigenvalue weighted by Crippen LogP contribution is -2.33. The number of rotatable bonds is 5. The van der Waals surface area contributed by atoms with Gasteiger partial charge in [0.1, 0.15) is 0 Å². The van der Waals surface area contributed by atoms with Crippen LogP contribution >= 0.6 is 0 Å². The first kappa shape index (κ1) is 19.6. The Kier molecular flexibility index (Phi) is 6.23. The van der Waals surface area contributed by atoms with Crippen molar-refractivity contribution in [3.05, 3.63) is 29.8 Å². The molecule has 0 bridgehead atoms. The lowest BCUT2D eigenvalue weighted by molar-refractivity contribution is 0.126. The molecule has 134 valence electrons. The zero-order valence-electron chi connectivity index (χ0n) is 17.2. The van der Waals surface area contributed by atoms with Crippen molar-refractivity contribution < 1.29 is 0 Å². The average Bonchev–Trinajstić information content (AvgIpc) is 2.52. The fourth-order valence-corrected chi connectivity index (χ4v) is 3.56.